The number of hydrogen-bond acceptors (Lipinski definition) is 4. The maximum absolute atomic E-state index is 13.6. The molecule has 0 bridgehead atoms. The van der Waals surface area contributed by atoms with Crippen LogP contribution in [-0.2, 0) is 12.5 Å². The van der Waals surface area contributed by atoms with Crippen LogP contribution in [-0.4, -0.2) is 16.2 Å². The number of alkyl halides is 2. The molecule has 0 radical (unpaired) electrons. The Morgan fingerprint density at radius 3 is 2.63 bits per heavy atom. The van der Waals surface area contributed by atoms with Gasteiger partial charge in [0.2, 0.25) is 0 Å². The van der Waals surface area contributed by atoms with Crippen molar-refractivity contribution in [2.45, 2.75) is 26.3 Å². The highest BCUT2D eigenvalue weighted by molar-refractivity contribution is 5.85. The van der Waals surface area contributed by atoms with Crippen molar-refractivity contribution in [2.75, 3.05) is 5.32 Å². The van der Waals surface area contributed by atoms with Crippen LogP contribution in [0.25, 0.3) is 11.1 Å². The topological polar surface area (TPSA) is 61.7 Å². The van der Waals surface area contributed by atoms with Crippen LogP contribution in [0.3, 0.4) is 0 Å². The zero-order valence-electron chi connectivity index (χ0n) is 15.1. The first kappa shape index (κ1) is 18.6. The molecule has 3 aromatic rings. The molecule has 0 fully saturated rings. The summed E-state index contributed by atoms with van der Waals surface area (Å²) in [6.07, 6.45) is 6.31. The van der Waals surface area contributed by atoms with E-state index >= 15 is 0 Å². The summed E-state index contributed by atoms with van der Waals surface area (Å²) >= 11 is 0. The van der Waals surface area contributed by atoms with E-state index in [0.717, 1.165) is 24.3 Å². The van der Waals surface area contributed by atoms with Crippen molar-refractivity contribution in [3.8, 4) is 11.1 Å². The molecule has 3 rings (SSSR count). The molecule has 1 aromatic carbocycles. The molecule has 0 saturated carbocycles. The summed E-state index contributed by atoms with van der Waals surface area (Å²) in [6.45, 7) is 3.37. The number of rotatable bonds is 6. The van der Waals surface area contributed by atoms with E-state index < -0.39 is 5.92 Å². The Hall–Kier alpha value is -3.15. The van der Waals surface area contributed by atoms with Crippen molar-refractivity contribution in [1.82, 2.24) is 9.97 Å². The number of hydrogen-bond donors (Lipinski definition) is 2. The van der Waals surface area contributed by atoms with Crippen molar-refractivity contribution in [2.24, 2.45) is 0 Å². The van der Waals surface area contributed by atoms with Crippen LogP contribution < -0.4 is 5.32 Å². The molecule has 0 saturated heterocycles. The maximum Gasteiger partial charge on any atom is 0.270 e. The van der Waals surface area contributed by atoms with Crippen LogP contribution in [0.1, 0.15) is 29.3 Å². The zero-order chi connectivity index (χ0) is 19.4. The highest BCUT2D eigenvalue weighted by atomic mass is 19.3. The predicted molar refractivity (Wildman–Crippen MR) is 103 cm³/mol. The third kappa shape index (κ3) is 4.53. The molecule has 0 aliphatic carbocycles. The molecule has 0 amide bonds. The van der Waals surface area contributed by atoms with Gasteiger partial charge in [0.1, 0.15) is 5.69 Å². The minimum Gasteiger partial charge on any atom is -0.379 e. The predicted octanol–water partition coefficient (Wildman–Crippen LogP) is 5.17. The second-order valence-electron chi connectivity index (χ2n) is 6.49. The van der Waals surface area contributed by atoms with Gasteiger partial charge in [0.05, 0.1) is 5.69 Å². The number of nitrogens with zero attached hydrogens (tertiary/aromatic N) is 2. The molecular weight excluding hydrogens is 346 g/mol. The average Bonchev–Trinajstić information content (AvgIpc) is 2.65. The van der Waals surface area contributed by atoms with Gasteiger partial charge in [0.15, 0.2) is 0 Å². The Labute approximate surface area is 156 Å². The molecule has 2 aromatic heterocycles. The Balaban J connectivity index is 1.90. The first-order chi connectivity index (χ1) is 12.9. The second kappa shape index (κ2) is 7.61. The van der Waals surface area contributed by atoms with Crippen LogP contribution >= 0.6 is 0 Å². The van der Waals surface area contributed by atoms with Gasteiger partial charge < -0.3 is 10.7 Å². The lowest BCUT2D eigenvalue weighted by atomic mass is 10.0. The van der Waals surface area contributed by atoms with Crippen molar-refractivity contribution in [3.63, 3.8) is 0 Å². The van der Waals surface area contributed by atoms with Gasteiger partial charge in [-0.25, -0.2) is 8.78 Å². The molecule has 0 spiro atoms. The summed E-state index contributed by atoms with van der Waals surface area (Å²) in [7, 11) is 0. The fraction of sp³-hybridized carbons (Fsp3) is 0.190. The lowest BCUT2D eigenvalue weighted by Crippen LogP contribution is -2.07. The number of aromatic nitrogens is 2. The SMILES string of the molecule is Cc1cncc(CNc2cc(-c3cccc(C(C)(F)F)c3)cnc2C=N)c1. The van der Waals surface area contributed by atoms with E-state index in [-0.39, 0.29) is 5.56 Å². The highest BCUT2D eigenvalue weighted by Gasteiger charge is 2.24. The number of pyridine rings is 2. The van der Waals surface area contributed by atoms with E-state index in [2.05, 4.69) is 15.3 Å². The van der Waals surface area contributed by atoms with E-state index in [0.29, 0.717) is 29.1 Å². The van der Waals surface area contributed by atoms with Gasteiger partial charge in [0, 0.05) is 49.4 Å². The molecule has 0 unspecified atom stereocenters. The molecule has 27 heavy (non-hydrogen) atoms. The fourth-order valence-corrected chi connectivity index (χ4v) is 2.77. The first-order valence-electron chi connectivity index (χ1n) is 8.50. The standard InChI is InChI=1S/C21H20F2N4/c1-14-6-15(11-25-10-14)12-26-19-8-17(13-27-20(19)9-24)16-4-3-5-18(7-16)21(2,22)23/h3-11,13,24,26H,12H2,1-2H3. The number of aryl methyl sites for hydroxylation is 1. The first-order valence-corrected chi connectivity index (χ1v) is 8.50. The Morgan fingerprint density at radius 1 is 1.11 bits per heavy atom. The summed E-state index contributed by atoms with van der Waals surface area (Å²) in [5.74, 6) is -2.91. The summed E-state index contributed by atoms with van der Waals surface area (Å²) in [6, 6.07) is 10.1. The smallest absolute Gasteiger partial charge is 0.270 e. The molecular formula is C21H20F2N4. The fourth-order valence-electron chi connectivity index (χ4n) is 2.77. The lowest BCUT2D eigenvalue weighted by molar-refractivity contribution is 0.0175. The van der Waals surface area contributed by atoms with Crippen LogP contribution in [0.15, 0.2) is 55.0 Å². The van der Waals surface area contributed by atoms with Gasteiger partial charge >= 0.3 is 0 Å². The molecule has 0 aliphatic heterocycles. The Kier molecular flexibility index (Phi) is 5.26. The van der Waals surface area contributed by atoms with Crippen LogP contribution in [0.2, 0.25) is 0 Å². The van der Waals surface area contributed by atoms with E-state index in [9.17, 15) is 8.78 Å². The molecule has 0 aliphatic rings. The molecule has 2 heterocycles. The maximum atomic E-state index is 13.6. The van der Waals surface area contributed by atoms with Crippen molar-refractivity contribution in [1.29, 1.82) is 5.41 Å². The number of nitrogens with one attached hydrogen (secondary N) is 2. The Bertz CT molecular complexity index is 964. The molecule has 6 heteroatoms. The van der Waals surface area contributed by atoms with E-state index in [1.54, 1.807) is 30.7 Å². The van der Waals surface area contributed by atoms with Crippen LogP contribution in [0.5, 0.6) is 0 Å². The molecule has 4 nitrogen and oxygen atoms in total. The number of anilines is 1. The third-order valence-corrected chi connectivity index (χ3v) is 4.17. The lowest BCUT2D eigenvalue weighted by Gasteiger charge is -2.14. The van der Waals surface area contributed by atoms with E-state index in [1.165, 1.54) is 12.1 Å². The van der Waals surface area contributed by atoms with Gasteiger partial charge in [-0.2, -0.15) is 0 Å². The van der Waals surface area contributed by atoms with Crippen LogP contribution in [0.4, 0.5) is 14.5 Å². The minimum atomic E-state index is -2.91. The van der Waals surface area contributed by atoms with Gasteiger partial charge in [-0.15, -0.1) is 0 Å². The van der Waals surface area contributed by atoms with Gasteiger partial charge in [-0.05, 0) is 35.7 Å². The van der Waals surface area contributed by atoms with Gasteiger partial charge in [-0.3, -0.25) is 9.97 Å². The van der Waals surface area contributed by atoms with Crippen molar-refractivity contribution in [3.05, 3.63) is 77.4 Å². The number of benzene rings is 1. The zero-order valence-corrected chi connectivity index (χ0v) is 15.1. The van der Waals surface area contributed by atoms with Crippen molar-refractivity contribution < 1.29 is 8.78 Å². The third-order valence-electron chi connectivity index (χ3n) is 4.17. The minimum absolute atomic E-state index is 0.0449. The van der Waals surface area contributed by atoms with Gasteiger partial charge in [-0.1, -0.05) is 24.3 Å². The highest BCUT2D eigenvalue weighted by Crippen LogP contribution is 2.31. The largest absolute Gasteiger partial charge is 0.379 e. The summed E-state index contributed by atoms with van der Waals surface area (Å²) in [4.78, 5) is 8.45. The Morgan fingerprint density at radius 2 is 1.93 bits per heavy atom. The van der Waals surface area contributed by atoms with Gasteiger partial charge in [0.25, 0.3) is 5.92 Å². The number of halogens is 2. The summed E-state index contributed by atoms with van der Waals surface area (Å²) in [5, 5.41) is 10.8. The van der Waals surface area contributed by atoms with E-state index in [4.69, 9.17) is 5.41 Å². The van der Waals surface area contributed by atoms with Crippen LogP contribution in [0, 0.1) is 12.3 Å². The second-order valence-corrected chi connectivity index (χ2v) is 6.49. The normalized spacial score (nSPS) is 11.3. The average molecular weight is 366 g/mol. The summed E-state index contributed by atoms with van der Waals surface area (Å²) in [5.41, 5.74) is 4.52. The quantitative estimate of drug-likeness (QED) is 0.591. The molecule has 138 valence electrons. The van der Waals surface area contributed by atoms with Crippen molar-refractivity contribution >= 4 is 11.9 Å². The summed E-state index contributed by atoms with van der Waals surface area (Å²) < 4.78 is 27.3. The molecule has 2 N–H and O–H groups in total. The van der Waals surface area contributed by atoms with E-state index in [1.807, 2.05) is 19.1 Å². The molecule has 0 atom stereocenters. The monoisotopic (exact) mass is 366 g/mol.